The molecule has 0 saturated carbocycles. The average molecular weight is 481 g/mol. The van der Waals surface area contributed by atoms with Crippen molar-refractivity contribution in [2.45, 2.75) is 70.3 Å². The quantitative estimate of drug-likeness (QED) is 0.254. The normalized spacial score (nSPS) is 12.1. The van der Waals surface area contributed by atoms with Gasteiger partial charge in [0.15, 0.2) is 11.5 Å². The zero-order valence-corrected chi connectivity index (χ0v) is 21.1. The number of benzene rings is 1. The highest BCUT2D eigenvalue weighted by atomic mass is 16.5. The SMILES string of the molecule is COc1ccc(-c2ccc3nc(N)nc(C(N)CCCCCCCCCCCN)c3n2)cc1OC. The molecule has 1 atom stereocenters. The van der Waals surface area contributed by atoms with E-state index in [0.29, 0.717) is 28.2 Å². The highest BCUT2D eigenvalue weighted by molar-refractivity contribution is 5.81. The molecule has 1 aromatic carbocycles. The third-order valence-electron chi connectivity index (χ3n) is 6.34. The Morgan fingerprint density at radius 2 is 1.43 bits per heavy atom. The van der Waals surface area contributed by atoms with E-state index in [1.165, 1.54) is 44.9 Å². The smallest absolute Gasteiger partial charge is 0.220 e. The molecule has 2 aromatic heterocycles. The predicted molar refractivity (Wildman–Crippen MR) is 142 cm³/mol. The van der Waals surface area contributed by atoms with E-state index in [0.717, 1.165) is 37.1 Å². The van der Waals surface area contributed by atoms with Crippen LogP contribution in [0, 0.1) is 0 Å². The van der Waals surface area contributed by atoms with Gasteiger partial charge in [-0.15, -0.1) is 0 Å². The molecule has 0 radical (unpaired) electrons. The van der Waals surface area contributed by atoms with Gasteiger partial charge in [-0.05, 0) is 49.7 Å². The maximum Gasteiger partial charge on any atom is 0.220 e. The van der Waals surface area contributed by atoms with Crippen molar-refractivity contribution in [2.24, 2.45) is 11.5 Å². The number of ether oxygens (including phenoxy) is 2. The Hall–Kier alpha value is -2.97. The van der Waals surface area contributed by atoms with Crippen molar-refractivity contribution in [2.75, 3.05) is 26.5 Å². The van der Waals surface area contributed by atoms with E-state index < -0.39 is 0 Å². The Kier molecular flexibility index (Phi) is 10.5. The Morgan fingerprint density at radius 1 is 0.771 bits per heavy atom. The zero-order valence-electron chi connectivity index (χ0n) is 21.1. The summed E-state index contributed by atoms with van der Waals surface area (Å²) in [4.78, 5) is 13.7. The van der Waals surface area contributed by atoms with Gasteiger partial charge in [0, 0.05) is 11.6 Å². The first kappa shape index (κ1) is 26.6. The van der Waals surface area contributed by atoms with Crippen LogP contribution in [0.4, 0.5) is 5.95 Å². The van der Waals surface area contributed by atoms with Crippen LogP contribution in [0.1, 0.15) is 75.9 Å². The number of aromatic nitrogens is 3. The number of hydrogen-bond donors (Lipinski definition) is 3. The lowest BCUT2D eigenvalue weighted by molar-refractivity contribution is 0.355. The summed E-state index contributed by atoms with van der Waals surface area (Å²) in [6, 6.07) is 9.31. The fraction of sp³-hybridized carbons (Fsp3) is 0.519. The minimum atomic E-state index is -0.243. The largest absolute Gasteiger partial charge is 0.493 e. The van der Waals surface area contributed by atoms with E-state index in [1.54, 1.807) is 14.2 Å². The Labute approximate surface area is 208 Å². The average Bonchev–Trinajstić information content (AvgIpc) is 2.88. The van der Waals surface area contributed by atoms with Crippen LogP contribution in [0.3, 0.4) is 0 Å². The van der Waals surface area contributed by atoms with Crippen LogP contribution in [-0.2, 0) is 0 Å². The van der Waals surface area contributed by atoms with Gasteiger partial charge in [-0.3, -0.25) is 0 Å². The molecule has 0 fully saturated rings. The van der Waals surface area contributed by atoms with E-state index >= 15 is 0 Å². The van der Waals surface area contributed by atoms with Crippen molar-refractivity contribution < 1.29 is 9.47 Å². The lowest BCUT2D eigenvalue weighted by Crippen LogP contribution is -2.15. The lowest BCUT2D eigenvalue weighted by Gasteiger charge is -2.15. The highest BCUT2D eigenvalue weighted by Gasteiger charge is 2.17. The summed E-state index contributed by atoms with van der Waals surface area (Å²) in [6.07, 6.45) is 11.9. The predicted octanol–water partition coefficient (Wildman–Crippen LogP) is 5.15. The monoisotopic (exact) mass is 480 g/mol. The molecule has 3 aromatic rings. The molecular weight excluding hydrogens is 440 g/mol. The maximum atomic E-state index is 6.58. The van der Waals surface area contributed by atoms with Crippen LogP contribution < -0.4 is 26.7 Å². The summed E-state index contributed by atoms with van der Waals surface area (Å²) in [7, 11) is 3.23. The van der Waals surface area contributed by atoms with Crippen LogP contribution in [0.15, 0.2) is 30.3 Å². The van der Waals surface area contributed by atoms with Gasteiger partial charge in [-0.2, -0.15) is 0 Å². The van der Waals surface area contributed by atoms with Crippen LogP contribution >= 0.6 is 0 Å². The summed E-state index contributed by atoms with van der Waals surface area (Å²) >= 11 is 0. The second kappa shape index (κ2) is 13.8. The van der Waals surface area contributed by atoms with Crippen LogP contribution in [0.2, 0.25) is 0 Å². The summed E-state index contributed by atoms with van der Waals surface area (Å²) in [5.74, 6) is 1.54. The lowest BCUT2D eigenvalue weighted by atomic mass is 10.0. The first-order chi connectivity index (χ1) is 17.1. The minimum Gasteiger partial charge on any atom is -0.493 e. The topological polar surface area (TPSA) is 135 Å². The van der Waals surface area contributed by atoms with Crippen LogP contribution in [-0.4, -0.2) is 35.7 Å². The molecule has 0 spiro atoms. The zero-order chi connectivity index (χ0) is 25.0. The number of anilines is 1. The minimum absolute atomic E-state index is 0.221. The van der Waals surface area contributed by atoms with E-state index in [1.807, 2.05) is 30.3 Å². The molecule has 0 amide bonds. The van der Waals surface area contributed by atoms with Gasteiger partial charge in [0.2, 0.25) is 5.95 Å². The Bertz CT molecular complexity index is 1070. The van der Waals surface area contributed by atoms with Gasteiger partial charge in [0.1, 0.15) is 5.52 Å². The summed E-state index contributed by atoms with van der Waals surface area (Å²) < 4.78 is 10.8. The highest BCUT2D eigenvalue weighted by Crippen LogP contribution is 2.33. The molecule has 8 heteroatoms. The van der Waals surface area contributed by atoms with Crippen molar-refractivity contribution in [3.63, 3.8) is 0 Å². The third kappa shape index (κ3) is 7.50. The molecule has 35 heavy (non-hydrogen) atoms. The van der Waals surface area contributed by atoms with E-state index in [9.17, 15) is 0 Å². The molecule has 3 rings (SSSR count). The van der Waals surface area contributed by atoms with Gasteiger partial charge in [0.25, 0.3) is 0 Å². The fourth-order valence-electron chi connectivity index (χ4n) is 4.35. The van der Waals surface area contributed by atoms with Crippen molar-refractivity contribution in [3.05, 3.63) is 36.0 Å². The molecule has 0 saturated heterocycles. The maximum absolute atomic E-state index is 6.58. The molecule has 0 aliphatic carbocycles. The number of methoxy groups -OCH3 is 2. The number of nitrogen functional groups attached to an aromatic ring is 1. The van der Waals surface area contributed by atoms with Crippen molar-refractivity contribution >= 4 is 17.0 Å². The molecule has 1 unspecified atom stereocenters. The van der Waals surface area contributed by atoms with E-state index in [2.05, 4.69) is 9.97 Å². The number of hydrogen-bond acceptors (Lipinski definition) is 8. The second-order valence-corrected chi connectivity index (χ2v) is 8.97. The van der Waals surface area contributed by atoms with Crippen molar-refractivity contribution in [1.29, 1.82) is 0 Å². The number of nitrogens with zero attached hydrogens (tertiary/aromatic N) is 3. The van der Waals surface area contributed by atoms with Crippen molar-refractivity contribution in [3.8, 4) is 22.8 Å². The summed E-state index contributed by atoms with van der Waals surface area (Å²) in [5.41, 5.74) is 21.9. The van der Waals surface area contributed by atoms with Gasteiger partial charge in [-0.1, -0.05) is 51.4 Å². The van der Waals surface area contributed by atoms with E-state index in [-0.39, 0.29) is 12.0 Å². The molecule has 190 valence electrons. The number of rotatable bonds is 15. The summed E-state index contributed by atoms with van der Waals surface area (Å²) in [6.45, 7) is 0.806. The number of unbranched alkanes of at least 4 members (excludes halogenated alkanes) is 8. The molecular formula is C27H40N6O2. The third-order valence-corrected chi connectivity index (χ3v) is 6.34. The molecule has 0 aliphatic rings. The molecule has 0 bridgehead atoms. The molecule has 6 N–H and O–H groups in total. The fourth-order valence-corrected chi connectivity index (χ4v) is 4.35. The first-order valence-electron chi connectivity index (χ1n) is 12.7. The molecule has 8 nitrogen and oxygen atoms in total. The van der Waals surface area contributed by atoms with Gasteiger partial charge >= 0.3 is 0 Å². The Balaban J connectivity index is 1.65. The molecule has 2 heterocycles. The number of nitrogens with two attached hydrogens (primary N) is 3. The second-order valence-electron chi connectivity index (χ2n) is 8.97. The van der Waals surface area contributed by atoms with Crippen LogP contribution in [0.25, 0.3) is 22.3 Å². The first-order valence-corrected chi connectivity index (χ1v) is 12.7. The van der Waals surface area contributed by atoms with Gasteiger partial charge in [-0.25, -0.2) is 15.0 Å². The standard InChI is InChI=1S/C27H40N6O2/c1-34-23-16-13-19(18-24(23)35-2)21-14-15-22-26(31-21)25(33-27(30)32-22)20(29)12-10-8-6-4-3-5-7-9-11-17-28/h13-16,18,20H,3-12,17,28-29H2,1-2H3,(H2,30,32,33). The Morgan fingerprint density at radius 3 is 2.09 bits per heavy atom. The number of fused-ring (bicyclic) bond motifs is 1. The van der Waals surface area contributed by atoms with Crippen molar-refractivity contribution in [1.82, 2.24) is 15.0 Å². The van der Waals surface area contributed by atoms with Gasteiger partial charge in [0.05, 0.1) is 31.1 Å². The molecule has 0 aliphatic heterocycles. The van der Waals surface area contributed by atoms with E-state index in [4.69, 9.17) is 31.7 Å². The number of pyridine rings is 1. The van der Waals surface area contributed by atoms with Crippen LogP contribution in [0.5, 0.6) is 11.5 Å². The summed E-state index contributed by atoms with van der Waals surface area (Å²) in [5, 5.41) is 0. The van der Waals surface area contributed by atoms with Gasteiger partial charge < -0.3 is 26.7 Å².